The van der Waals surface area contributed by atoms with Crippen LogP contribution in [-0.4, -0.2) is 81.6 Å². The number of nitrogens with two attached hydrogens (primary N) is 1. The van der Waals surface area contributed by atoms with E-state index < -0.39 is 30.2 Å². The molecule has 4 aliphatic rings. The molecule has 0 radical (unpaired) electrons. The van der Waals surface area contributed by atoms with Crippen LogP contribution in [0, 0.1) is 5.92 Å². The Balaban J connectivity index is 1.44. The molecule has 5 N–H and O–H groups in total. The van der Waals surface area contributed by atoms with Gasteiger partial charge in [-0.15, -0.1) is 11.3 Å². The fourth-order valence-corrected chi connectivity index (χ4v) is 5.74. The lowest BCUT2D eigenvalue weighted by Gasteiger charge is -2.41. The molecule has 0 aromatic carbocycles. The number of allylic oxidation sites excluding steroid dienone is 2. The van der Waals surface area contributed by atoms with Gasteiger partial charge in [-0.25, -0.2) is 9.98 Å². The van der Waals surface area contributed by atoms with Crippen molar-refractivity contribution in [3.05, 3.63) is 34.5 Å². The zero-order valence-electron chi connectivity index (χ0n) is 16.3. The lowest BCUT2D eigenvalue weighted by Crippen LogP contribution is -2.60. The molecule has 5 rings (SSSR count). The standard InChI is InChI=1S/C20H25N5O4S/c21-20(12-5-2-1-4-11(12)14-6-3-7-30-14)17-18(22-9-24-20)25(10-23-17)19-16(28)15(27)13(8-26)29-19/h1-3,6-7,9,11-13,15-16,19,26-28H,4-5,8,10,21H2/t11-,12-,13-,15-,16-,19-,20?/m1/s1. The summed E-state index contributed by atoms with van der Waals surface area (Å²) in [5.74, 6) is 0.732. The van der Waals surface area contributed by atoms with E-state index >= 15 is 0 Å². The molecular formula is C20H25N5O4S. The van der Waals surface area contributed by atoms with Crippen molar-refractivity contribution in [2.75, 3.05) is 13.3 Å². The Morgan fingerprint density at radius 1 is 1.27 bits per heavy atom. The molecule has 160 valence electrons. The molecule has 1 aromatic heterocycles. The lowest BCUT2D eigenvalue weighted by molar-refractivity contribution is -0.0688. The van der Waals surface area contributed by atoms with Crippen molar-refractivity contribution in [3.8, 4) is 0 Å². The van der Waals surface area contributed by atoms with Crippen molar-refractivity contribution in [3.63, 3.8) is 0 Å². The topological polar surface area (TPSA) is 136 Å². The van der Waals surface area contributed by atoms with Crippen LogP contribution in [0.4, 0.5) is 0 Å². The zero-order valence-corrected chi connectivity index (χ0v) is 17.1. The summed E-state index contributed by atoms with van der Waals surface area (Å²) in [5.41, 5.74) is 6.46. The summed E-state index contributed by atoms with van der Waals surface area (Å²) in [6.07, 6.45) is 3.34. The monoisotopic (exact) mass is 431 g/mol. The Labute approximate surface area is 177 Å². The molecule has 30 heavy (non-hydrogen) atoms. The third-order valence-electron chi connectivity index (χ3n) is 6.43. The van der Waals surface area contributed by atoms with Crippen LogP contribution in [0.1, 0.15) is 23.6 Å². The van der Waals surface area contributed by atoms with Crippen molar-refractivity contribution in [1.82, 2.24) is 4.90 Å². The van der Waals surface area contributed by atoms with E-state index in [1.54, 1.807) is 16.2 Å². The summed E-state index contributed by atoms with van der Waals surface area (Å²) < 4.78 is 5.69. The van der Waals surface area contributed by atoms with E-state index in [0.29, 0.717) is 11.5 Å². The molecule has 1 aliphatic carbocycles. The highest BCUT2D eigenvalue weighted by atomic mass is 32.1. The van der Waals surface area contributed by atoms with E-state index in [9.17, 15) is 15.3 Å². The number of amidine groups is 1. The largest absolute Gasteiger partial charge is 0.394 e. The first kappa shape index (κ1) is 20.0. The summed E-state index contributed by atoms with van der Waals surface area (Å²) in [6.45, 7) is -0.197. The van der Waals surface area contributed by atoms with Crippen LogP contribution in [-0.2, 0) is 4.74 Å². The second-order valence-electron chi connectivity index (χ2n) is 8.04. The van der Waals surface area contributed by atoms with Crippen LogP contribution < -0.4 is 5.73 Å². The van der Waals surface area contributed by atoms with Gasteiger partial charge in [0.1, 0.15) is 37.0 Å². The van der Waals surface area contributed by atoms with Crippen LogP contribution in [0.2, 0.25) is 0 Å². The number of aliphatic imine (C=N–C) groups is 3. The van der Waals surface area contributed by atoms with E-state index in [2.05, 4.69) is 38.6 Å². The number of ether oxygens (including phenoxy) is 1. The molecule has 0 amide bonds. The Hall–Kier alpha value is -1.95. The quantitative estimate of drug-likeness (QED) is 0.497. The second kappa shape index (κ2) is 7.63. The third kappa shape index (κ3) is 2.98. The van der Waals surface area contributed by atoms with Crippen molar-refractivity contribution in [1.29, 1.82) is 0 Å². The maximum absolute atomic E-state index is 10.4. The van der Waals surface area contributed by atoms with Gasteiger partial charge < -0.3 is 30.7 Å². The van der Waals surface area contributed by atoms with Crippen LogP contribution in [0.3, 0.4) is 0 Å². The first-order valence-electron chi connectivity index (χ1n) is 10.1. The number of aliphatic hydroxyl groups excluding tert-OH is 3. The minimum atomic E-state index is -1.19. The molecule has 1 fully saturated rings. The number of fused-ring (bicyclic) bond motifs is 1. The smallest absolute Gasteiger partial charge is 0.162 e. The fourth-order valence-electron chi connectivity index (χ4n) is 4.83. The van der Waals surface area contributed by atoms with Crippen molar-refractivity contribution < 1.29 is 20.1 Å². The maximum Gasteiger partial charge on any atom is 0.162 e. The summed E-state index contributed by atoms with van der Waals surface area (Å²) in [7, 11) is 0. The Bertz CT molecular complexity index is 916. The Morgan fingerprint density at radius 3 is 2.83 bits per heavy atom. The molecule has 1 aromatic rings. The van der Waals surface area contributed by atoms with Gasteiger partial charge in [0.25, 0.3) is 0 Å². The number of hydrogen-bond acceptors (Lipinski definition) is 10. The minimum Gasteiger partial charge on any atom is -0.394 e. The van der Waals surface area contributed by atoms with Crippen LogP contribution in [0.5, 0.6) is 0 Å². The number of hydrogen-bond donors (Lipinski definition) is 4. The molecule has 4 heterocycles. The highest BCUT2D eigenvalue weighted by Crippen LogP contribution is 2.44. The van der Waals surface area contributed by atoms with E-state index in [1.807, 2.05) is 6.07 Å². The number of nitrogens with zero attached hydrogens (tertiary/aromatic N) is 4. The molecule has 1 unspecified atom stereocenters. The molecular weight excluding hydrogens is 406 g/mol. The molecule has 0 spiro atoms. The SMILES string of the molecule is NC1([C@@H]2CC=CC[C@H]2c2cccs2)N=CN=C2C1=NCN2[C@@H]1O[C@H](CO)[C@@H](O)[C@H]1O. The lowest BCUT2D eigenvalue weighted by atomic mass is 9.72. The molecule has 0 saturated carbocycles. The molecule has 10 heteroatoms. The third-order valence-corrected chi connectivity index (χ3v) is 7.43. The van der Waals surface area contributed by atoms with Crippen LogP contribution >= 0.6 is 11.3 Å². The normalized spacial score (nSPS) is 40.5. The summed E-state index contributed by atoms with van der Waals surface area (Å²) >= 11 is 1.72. The summed E-state index contributed by atoms with van der Waals surface area (Å²) in [6, 6.07) is 4.18. The second-order valence-corrected chi connectivity index (χ2v) is 9.02. The van der Waals surface area contributed by atoms with Gasteiger partial charge in [0.15, 0.2) is 17.7 Å². The van der Waals surface area contributed by atoms with E-state index in [-0.39, 0.29) is 25.1 Å². The van der Waals surface area contributed by atoms with E-state index in [4.69, 9.17) is 10.5 Å². The average molecular weight is 432 g/mol. The number of rotatable bonds is 4. The Kier molecular flexibility index (Phi) is 5.08. The average Bonchev–Trinajstić information content (AvgIpc) is 3.50. The predicted molar refractivity (Wildman–Crippen MR) is 114 cm³/mol. The highest BCUT2D eigenvalue weighted by molar-refractivity contribution is 7.10. The van der Waals surface area contributed by atoms with Gasteiger partial charge in [0.2, 0.25) is 0 Å². The van der Waals surface area contributed by atoms with Crippen molar-refractivity contribution in [2.24, 2.45) is 26.6 Å². The summed E-state index contributed by atoms with van der Waals surface area (Å²) in [5, 5.41) is 32.1. The number of thiophene rings is 1. The highest BCUT2D eigenvalue weighted by Gasteiger charge is 2.53. The predicted octanol–water partition coefficient (Wildman–Crippen LogP) is 0.0464. The van der Waals surface area contributed by atoms with Gasteiger partial charge in [-0.2, -0.15) is 0 Å². The van der Waals surface area contributed by atoms with Crippen LogP contribution in [0.15, 0.2) is 44.6 Å². The molecule has 3 aliphatic heterocycles. The zero-order chi connectivity index (χ0) is 20.9. The fraction of sp³-hybridized carbons (Fsp3) is 0.550. The van der Waals surface area contributed by atoms with Gasteiger partial charge in [-0.05, 0) is 24.3 Å². The summed E-state index contributed by atoms with van der Waals surface area (Å²) in [4.78, 5) is 16.6. The molecule has 0 bridgehead atoms. The Morgan fingerprint density at radius 2 is 2.10 bits per heavy atom. The van der Waals surface area contributed by atoms with Gasteiger partial charge in [-0.1, -0.05) is 18.2 Å². The van der Waals surface area contributed by atoms with Crippen molar-refractivity contribution >= 4 is 29.2 Å². The minimum absolute atomic E-state index is 0.00630. The first-order valence-corrected chi connectivity index (χ1v) is 11.0. The number of aliphatic hydroxyl groups is 3. The van der Waals surface area contributed by atoms with Crippen LogP contribution in [0.25, 0.3) is 0 Å². The molecule has 9 nitrogen and oxygen atoms in total. The van der Waals surface area contributed by atoms with E-state index in [1.165, 1.54) is 11.2 Å². The maximum atomic E-state index is 10.4. The van der Waals surface area contributed by atoms with Gasteiger partial charge in [0, 0.05) is 16.7 Å². The van der Waals surface area contributed by atoms with E-state index in [0.717, 1.165) is 12.8 Å². The van der Waals surface area contributed by atoms with Crippen molar-refractivity contribution in [2.45, 2.75) is 49.0 Å². The molecule has 1 saturated heterocycles. The van der Waals surface area contributed by atoms with Gasteiger partial charge in [0.05, 0.1) is 6.61 Å². The van der Waals surface area contributed by atoms with Gasteiger partial charge in [-0.3, -0.25) is 4.99 Å². The molecule has 7 atom stereocenters. The first-order chi connectivity index (χ1) is 14.5. The van der Waals surface area contributed by atoms with Gasteiger partial charge >= 0.3 is 0 Å².